The van der Waals surface area contributed by atoms with Gasteiger partial charge in [0, 0.05) is 68.3 Å². The summed E-state index contributed by atoms with van der Waals surface area (Å²) in [4.78, 5) is 12.3. The van der Waals surface area contributed by atoms with Gasteiger partial charge in [-0.2, -0.15) is 0 Å². The summed E-state index contributed by atoms with van der Waals surface area (Å²) in [7, 11) is -1.45. The average Bonchev–Trinajstić information content (AvgIpc) is 3.41. The first kappa shape index (κ1) is 30.5. The number of nitrogens with one attached hydrogen (secondary N) is 2. The van der Waals surface area contributed by atoms with Gasteiger partial charge < -0.3 is 20.0 Å². The third-order valence-corrected chi connectivity index (χ3v) is 10.3. The minimum absolute atomic E-state index is 0.214. The SMILES string of the molecule is CN1CCN(CC2CCN(c3ccc(Nc4ncc5ccc(-c6cccc(S(=O)(=O)NC(C)(C)C)c6)n5n4)cc3)CC2)CC1. The Morgan fingerprint density at radius 2 is 1.64 bits per heavy atom. The molecule has 0 spiro atoms. The van der Waals surface area contributed by atoms with Crippen molar-refractivity contribution in [3.8, 4) is 11.3 Å². The lowest BCUT2D eigenvalue weighted by molar-refractivity contribution is 0.129. The van der Waals surface area contributed by atoms with E-state index in [4.69, 9.17) is 5.10 Å². The van der Waals surface area contributed by atoms with E-state index in [2.05, 4.69) is 61.0 Å². The van der Waals surface area contributed by atoms with Crippen LogP contribution >= 0.6 is 0 Å². The van der Waals surface area contributed by atoms with Crippen LogP contribution in [0.25, 0.3) is 16.8 Å². The molecular formula is C33H44N8O2S. The summed E-state index contributed by atoms with van der Waals surface area (Å²) in [6.45, 7) is 13.7. The predicted octanol–water partition coefficient (Wildman–Crippen LogP) is 4.68. The molecule has 0 saturated carbocycles. The molecule has 4 aromatic rings. The molecule has 4 heterocycles. The molecule has 2 fully saturated rings. The highest BCUT2D eigenvalue weighted by Crippen LogP contribution is 2.28. The lowest BCUT2D eigenvalue weighted by atomic mass is 9.95. The summed E-state index contributed by atoms with van der Waals surface area (Å²) in [6.07, 6.45) is 4.24. The molecule has 6 rings (SSSR count). The number of piperazine rings is 1. The smallest absolute Gasteiger partial charge is 0.245 e. The van der Waals surface area contributed by atoms with Crippen LogP contribution in [0.5, 0.6) is 0 Å². The van der Waals surface area contributed by atoms with Gasteiger partial charge in [-0.05, 0) is 95.1 Å². The number of likely N-dealkylation sites (N-methyl/N-ethyl adjacent to an activating group) is 1. The second-order valence-electron chi connectivity index (χ2n) is 13.2. The highest BCUT2D eigenvalue weighted by Gasteiger charge is 2.24. The second kappa shape index (κ2) is 12.5. The average molecular weight is 617 g/mol. The zero-order valence-electron chi connectivity index (χ0n) is 26.2. The van der Waals surface area contributed by atoms with Gasteiger partial charge >= 0.3 is 0 Å². The number of piperidine rings is 1. The first-order valence-electron chi connectivity index (χ1n) is 15.5. The van der Waals surface area contributed by atoms with Crippen LogP contribution in [0.15, 0.2) is 71.8 Å². The van der Waals surface area contributed by atoms with Crippen LogP contribution in [-0.2, 0) is 10.0 Å². The van der Waals surface area contributed by atoms with E-state index in [1.165, 1.54) is 51.3 Å². The maximum absolute atomic E-state index is 13.0. The Labute approximate surface area is 261 Å². The van der Waals surface area contributed by atoms with Crippen LogP contribution in [0.2, 0.25) is 0 Å². The molecule has 2 saturated heterocycles. The van der Waals surface area contributed by atoms with E-state index in [0.29, 0.717) is 5.95 Å². The molecule has 2 aromatic heterocycles. The van der Waals surface area contributed by atoms with Crippen molar-refractivity contribution in [2.24, 2.45) is 5.92 Å². The van der Waals surface area contributed by atoms with E-state index in [0.717, 1.165) is 41.5 Å². The molecule has 2 N–H and O–H groups in total. The van der Waals surface area contributed by atoms with Gasteiger partial charge in [-0.3, -0.25) is 0 Å². The summed E-state index contributed by atoms with van der Waals surface area (Å²) in [5.74, 6) is 1.25. The normalized spacial score (nSPS) is 17.8. The van der Waals surface area contributed by atoms with Crippen LogP contribution in [0.4, 0.5) is 17.3 Å². The zero-order valence-corrected chi connectivity index (χ0v) is 27.0. The number of anilines is 3. The number of hydrogen-bond acceptors (Lipinski definition) is 8. The van der Waals surface area contributed by atoms with E-state index in [1.807, 2.05) is 39.0 Å². The van der Waals surface area contributed by atoms with Crippen molar-refractivity contribution in [2.75, 3.05) is 63.1 Å². The molecule has 44 heavy (non-hydrogen) atoms. The van der Waals surface area contributed by atoms with Crippen LogP contribution in [0.3, 0.4) is 0 Å². The van der Waals surface area contributed by atoms with Gasteiger partial charge in [0.2, 0.25) is 16.0 Å². The lowest BCUT2D eigenvalue weighted by Crippen LogP contribution is -2.47. The Morgan fingerprint density at radius 3 is 2.34 bits per heavy atom. The Balaban J connectivity index is 1.10. The summed E-state index contributed by atoms with van der Waals surface area (Å²) < 4.78 is 30.4. The van der Waals surface area contributed by atoms with E-state index in [9.17, 15) is 8.42 Å². The quantitative estimate of drug-likeness (QED) is 0.295. The maximum atomic E-state index is 13.0. The Kier molecular flexibility index (Phi) is 8.65. The van der Waals surface area contributed by atoms with Gasteiger partial charge in [0.25, 0.3) is 0 Å². The number of nitrogens with zero attached hydrogens (tertiary/aromatic N) is 6. The van der Waals surface area contributed by atoms with Crippen LogP contribution < -0.4 is 14.9 Å². The van der Waals surface area contributed by atoms with Crippen molar-refractivity contribution in [3.63, 3.8) is 0 Å². The molecule has 0 atom stereocenters. The highest BCUT2D eigenvalue weighted by atomic mass is 32.2. The van der Waals surface area contributed by atoms with Gasteiger partial charge in [-0.25, -0.2) is 22.6 Å². The molecule has 2 aliphatic rings. The molecule has 11 heteroatoms. The van der Waals surface area contributed by atoms with Crippen LogP contribution in [0.1, 0.15) is 33.6 Å². The zero-order chi connectivity index (χ0) is 30.9. The van der Waals surface area contributed by atoms with E-state index >= 15 is 0 Å². The summed E-state index contributed by atoms with van der Waals surface area (Å²) in [5, 5.41) is 8.08. The standard InChI is InChI=1S/C33H44N8O2S/c1-33(2,3)37-44(42,43)30-7-5-6-26(22-30)31-13-12-29-23-34-32(36-41(29)31)35-27-8-10-28(11-9-27)40-16-14-25(15-17-40)24-39-20-18-38(4)19-21-39/h5-13,22-23,25,37H,14-21,24H2,1-4H3,(H,35,36). The van der Waals surface area contributed by atoms with Crippen LogP contribution in [0, 0.1) is 5.92 Å². The molecule has 2 aliphatic heterocycles. The Hall–Kier alpha value is -3.51. The summed E-state index contributed by atoms with van der Waals surface area (Å²) in [6, 6.07) is 19.3. The number of sulfonamides is 1. The molecule has 2 aromatic carbocycles. The number of fused-ring (bicyclic) bond motifs is 1. The fourth-order valence-electron chi connectivity index (χ4n) is 6.12. The third-order valence-electron chi connectivity index (χ3n) is 8.49. The number of aromatic nitrogens is 3. The third kappa shape index (κ3) is 7.23. The van der Waals surface area contributed by atoms with Gasteiger partial charge in [0.15, 0.2) is 0 Å². The molecule has 0 aliphatic carbocycles. The fourth-order valence-corrected chi connectivity index (χ4v) is 7.58. The van der Waals surface area contributed by atoms with Crippen molar-refractivity contribution in [1.82, 2.24) is 29.1 Å². The van der Waals surface area contributed by atoms with E-state index in [1.54, 1.807) is 28.9 Å². The summed E-state index contributed by atoms with van der Waals surface area (Å²) >= 11 is 0. The van der Waals surface area contributed by atoms with Crippen LogP contribution in [-0.4, -0.2) is 91.2 Å². The molecule has 0 radical (unpaired) electrons. The molecule has 234 valence electrons. The largest absolute Gasteiger partial charge is 0.372 e. The lowest BCUT2D eigenvalue weighted by Gasteiger charge is -2.38. The Bertz CT molecular complexity index is 1680. The highest BCUT2D eigenvalue weighted by molar-refractivity contribution is 7.89. The van der Waals surface area contributed by atoms with E-state index in [-0.39, 0.29) is 4.90 Å². The van der Waals surface area contributed by atoms with Gasteiger partial charge in [0.05, 0.1) is 22.3 Å². The predicted molar refractivity (Wildman–Crippen MR) is 177 cm³/mol. The first-order valence-corrected chi connectivity index (χ1v) is 17.0. The molecule has 0 amide bonds. The number of benzene rings is 2. The van der Waals surface area contributed by atoms with Crippen molar-refractivity contribution in [2.45, 2.75) is 44.0 Å². The summed E-state index contributed by atoms with van der Waals surface area (Å²) in [5.41, 5.74) is 3.93. The molecular weight excluding hydrogens is 572 g/mol. The van der Waals surface area contributed by atoms with Gasteiger partial charge in [0.1, 0.15) is 0 Å². The van der Waals surface area contributed by atoms with Crippen molar-refractivity contribution in [3.05, 3.63) is 66.9 Å². The topological polar surface area (TPSA) is 98.1 Å². The number of hydrogen-bond donors (Lipinski definition) is 2. The molecule has 0 bridgehead atoms. The molecule has 0 unspecified atom stereocenters. The minimum Gasteiger partial charge on any atom is -0.372 e. The minimum atomic E-state index is -3.67. The van der Waals surface area contributed by atoms with Gasteiger partial charge in [-0.1, -0.05) is 12.1 Å². The fraction of sp³-hybridized carbons (Fsp3) is 0.455. The second-order valence-corrected chi connectivity index (χ2v) is 14.9. The maximum Gasteiger partial charge on any atom is 0.245 e. The Morgan fingerprint density at radius 1 is 0.909 bits per heavy atom. The monoisotopic (exact) mass is 616 g/mol. The van der Waals surface area contributed by atoms with Crippen molar-refractivity contribution in [1.29, 1.82) is 0 Å². The van der Waals surface area contributed by atoms with Gasteiger partial charge in [-0.15, -0.1) is 5.10 Å². The van der Waals surface area contributed by atoms with E-state index < -0.39 is 15.6 Å². The first-order chi connectivity index (χ1) is 21.0. The van der Waals surface area contributed by atoms with Crippen molar-refractivity contribution < 1.29 is 8.42 Å². The van der Waals surface area contributed by atoms with Crippen molar-refractivity contribution >= 4 is 32.9 Å². The number of rotatable bonds is 8. The molecule has 10 nitrogen and oxygen atoms in total.